The van der Waals surface area contributed by atoms with E-state index in [9.17, 15) is 4.79 Å². The Morgan fingerprint density at radius 3 is 2.54 bits per heavy atom. The fraction of sp³-hybridized carbons (Fsp3) is 0.222. The molecule has 1 aromatic carbocycles. The lowest BCUT2D eigenvalue weighted by atomic mass is 10.1. The molecule has 0 saturated carbocycles. The summed E-state index contributed by atoms with van der Waals surface area (Å²) in [5.74, 6) is -0.110. The second-order valence-corrected chi connectivity index (χ2v) is 2.65. The normalized spacial score (nSPS) is 8.77. The average molecular weight is 201 g/mol. The van der Waals surface area contributed by atoms with E-state index in [0.717, 1.165) is 5.56 Å². The van der Waals surface area contributed by atoms with Crippen LogP contribution in [-0.2, 0) is 0 Å². The Balaban J connectivity index is 0.00000144. The molecule has 3 nitrogen and oxygen atoms in total. The number of nitrogens with one attached hydrogen (secondary N) is 1. The number of hydrogen-bond donors (Lipinski definition) is 2. The van der Waals surface area contributed by atoms with Crippen molar-refractivity contribution in [2.75, 3.05) is 12.8 Å². The maximum atomic E-state index is 11.1. The number of halogens is 1. The Labute approximate surface area is 83.7 Å². The van der Waals surface area contributed by atoms with Gasteiger partial charge >= 0.3 is 0 Å². The van der Waals surface area contributed by atoms with Gasteiger partial charge in [0.2, 0.25) is 0 Å². The number of amides is 1. The van der Waals surface area contributed by atoms with Gasteiger partial charge in [-0.15, -0.1) is 12.4 Å². The van der Waals surface area contributed by atoms with Crippen LogP contribution in [0.2, 0.25) is 0 Å². The molecule has 3 N–H and O–H groups in total. The number of aryl methyl sites for hydroxylation is 1. The zero-order valence-electron chi connectivity index (χ0n) is 7.63. The van der Waals surface area contributed by atoms with Gasteiger partial charge in [-0.25, -0.2) is 0 Å². The van der Waals surface area contributed by atoms with Crippen molar-refractivity contribution in [3.05, 3.63) is 29.3 Å². The van der Waals surface area contributed by atoms with Crippen LogP contribution in [0.3, 0.4) is 0 Å². The molecule has 0 bridgehead atoms. The van der Waals surface area contributed by atoms with Crippen molar-refractivity contribution >= 4 is 24.0 Å². The lowest BCUT2D eigenvalue weighted by Crippen LogP contribution is -2.17. The van der Waals surface area contributed by atoms with Crippen molar-refractivity contribution in [1.29, 1.82) is 0 Å². The van der Waals surface area contributed by atoms with Gasteiger partial charge in [-0.1, -0.05) is 6.07 Å². The van der Waals surface area contributed by atoms with E-state index in [4.69, 9.17) is 5.73 Å². The number of carbonyl (C=O) groups is 1. The minimum atomic E-state index is -0.110. The third kappa shape index (κ3) is 2.63. The first-order chi connectivity index (χ1) is 5.65. The van der Waals surface area contributed by atoms with Gasteiger partial charge in [0.25, 0.3) is 5.91 Å². The van der Waals surface area contributed by atoms with Crippen molar-refractivity contribution < 1.29 is 4.79 Å². The van der Waals surface area contributed by atoms with Crippen LogP contribution < -0.4 is 11.1 Å². The summed E-state index contributed by atoms with van der Waals surface area (Å²) in [6, 6.07) is 5.26. The van der Waals surface area contributed by atoms with Crippen LogP contribution >= 0.6 is 12.4 Å². The molecule has 1 rings (SSSR count). The molecular weight excluding hydrogens is 188 g/mol. The van der Waals surface area contributed by atoms with Crippen LogP contribution in [0.4, 0.5) is 5.69 Å². The van der Waals surface area contributed by atoms with Gasteiger partial charge in [0.1, 0.15) is 0 Å². The van der Waals surface area contributed by atoms with Crippen molar-refractivity contribution in [2.45, 2.75) is 6.92 Å². The third-order valence-corrected chi connectivity index (χ3v) is 1.77. The smallest absolute Gasteiger partial charge is 0.251 e. The molecule has 4 heteroatoms. The summed E-state index contributed by atoms with van der Waals surface area (Å²) in [7, 11) is 1.60. The summed E-state index contributed by atoms with van der Waals surface area (Å²) in [5.41, 5.74) is 7.87. The van der Waals surface area contributed by atoms with Crippen LogP contribution in [-0.4, -0.2) is 13.0 Å². The molecule has 0 spiro atoms. The molecule has 0 radical (unpaired) electrons. The SMILES string of the molecule is CNC(=O)c1ccc(C)c(N)c1.Cl. The predicted molar refractivity (Wildman–Crippen MR) is 56.2 cm³/mol. The summed E-state index contributed by atoms with van der Waals surface area (Å²) in [4.78, 5) is 11.1. The number of hydrogen-bond acceptors (Lipinski definition) is 2. The summed E-state index contributed by atoms with van der Waals surface area (Å²) >= 11 is 0. The molecule has 1 aromatic rings. The number of carbonyl (C=O) groups excluding carboxylic acids is 1. The topological polar surface area (TPSA) is 55.1 Å². The van der Waals surface area contributed by atoms with Crippen LogP contribution in [0.5, 0.6) is 0 Å². The summed E-state index contributed by atoms with van der Waals surface area (Å²) in [6.45, 7) is 1.91. The maximum Gasteiger partial charge on any atom is 0.251 e. The first-order valence-electron chi connectivity index (χ1n) is 3.73. The summed E-state index contributed by atoms with van der Waals surface area (Å²) < 4.78 is 0. The first kappa shape index (κ1) is 11.8. The molecule has 0 aliphatic rings. The molecule has 0 aromatic heterocycles. The molecule has 1 amide bonds. The monoisotopic (exact) mass is 200 g/mol. The molecule has 0 aliphatic heterocycles. The Kier molecular flexibility index (Phi) is 4.28. The third-order valence-electron chi connectivity index (χ3n) is 1.77. The fourth-order valence-electron chi connectivity index (χ4n) is 0.926. The largest absolute Gasteiger partial charge is 0.398 e. The van der Waals surface area contributed by atoms with E-state index in [2.05, 4.69) is 5.32 Å². The highest BCUT2D eigenvalue weighted by Crippen LogP contribution is 2.12. The van der Waals surface area contributed by atoms with E-state index in [1.54, 1.807) is 19.2 Å². The van der Waals surface area contributed by atoms with Crippen LogP contribution in [0, 0.1) is 6.92 Å². The molecule has 0 aliphatic carbocycles. The second-order valence-electron chi connectivity index (χ2n) is 2.65. The van der Waals surface area contributed by atoms with Crippen molar-refractivity contribution in [3.8, 4) is 0 Å². The highest BCUT2D eigenvalue weighted by atomic mass is 35.5. The Hall–Kier alpha value is -1.22. The van der Waals surface area contributed by atoms with E-state index < -0.39 is 0 Å². The van der Waals surface area contributed by atoms with Gasteiger partial charge in [-0.2, -0.15) is 0 Å². The molecule has 0 saturated heterocycles. The summed E-state index contributed by atoms with van der Waals surface area (Å²) in [6.07, 6.45) is 0. The fourth-order valence-corrected chi connectivity index (χ4v) is 0.926. The van der Waals surface area contributed by atoms with Gasteiger partial charge in [-0.05, 0) is 24.6 Å². The van der Waals surface area contributed by atoms with Crippen LogP contribution in [0.25, 0.3) is 0 Å². The van der Waals surface area contributed by atoms with Crippen LogP contribution in [0.1, 0.15) is 15.9 Å². The van der Waals surface area contributed by atoms with Gasteiger partial charge in [0, 0.05) is 18.3 Å². The first-order valence-corrected chi connectivity index (χ1v) is 3.73. The number of rotatable bonds is 1. The second kappa shape index (κ2) is 4.72. The van der Waals surface area contributed by atoms with Gasteiger partial charge in [0.15, 0.2) is 0 Å². The van der Waals surface area contributed by atoms with E-state index >= 15 is 0 Å². The Bertz CT molecular complexity index is 312. The molecule has 0 heterocycles. The van der Waals surface area contributed by atoms with E-state index in [0.29, 0.717) is 11.3 Å². The van der Waals surface area contributed by atoms with E-state index in [1.807, 2.05) is 13.0 Å². The number of nitrogens with two attached hydrogens (primary N) is 1. The van der Waals surface area contributed by atoms with Crippen molar-refractivity contribution in [3.63, 3.8) is 0 Å². The van der Waals surface area contributed by atoms with Gasteiger partial charge in [-0.3, -0.25) is 4.79 Å². The average Bonchev–Trinajstić information content (AvgIpc) is 2.08. The molecular formula is C9H13ClN2O. The minimum absolute atomic E-state index is 0. The number of benzene rings is 1. The summed E-state index contributed by atoms with van der Waals surface area (Å²) in [5, 5.41) is 2.53. The number of nitrogen functional groups attached to an aromatic ring is 1. The lowest BCUT2D eigenvalue weighted by molar-refractivity contribution is 0.0963. The standard InChI is InChI=1S/C9H12N2O.ClH/c1-6-3-4-7(5-8(6)10)9(12)11-2;/h3-5H,10H2,1-2H3,(H,11,12);1H. The molecule has 0 atom stereocenters. The van der Waals surface area contributed by atoms with E-state index in [-0.39, 0.29) is 18.3 Å². The molecule has 72 valence electrons. The van der Waals surface area contributed by atoms with Crippen molar-refractivity contribution in [2.24, 2.45) is 0 Å². The highest BCUT2D eigenvalue weighted by molar-refractivity contribution is 5.94. The van der Waals surface area contributed by atoms with E-state index in [1.165, 1.54) is 0 Å². The molecule has 13 heavy (non-hydrogen) atoms. The zero-order chi connectivity index (χ0) is 9.14. The maximum absolute atomic E-state index is 11.1. The molecule has 0 unspecified atom stereocenters. The quantitative estimate of drug-likeness (QED) is 0.673. The highest BCUT2D eigenvalue weighted by Gasteiger charge is 2.03. The minimum Gasteiger partial charge on any atom is -0.398 e. The zero-order valence-corrected chi connectivity index (χ0v) is 8.44. The predicted octanol–water partition coefficient (Wildman–Crippen LogP) is 1.36. The van der Waals surface area contributed by atoms with Crippen LogP contribution in [0.15, 0.2) is 18.2 Å². The lowest BCUT2D eigenvalue weighted by Gasteiger charge is -2.02. The van der Waals surface area contributed by atoms with Gasteiger partial charge in [0.05, 0.1) is 0 Å². The van der Waals surface area contributed by atoms with Crippen molar-refractivity contribution in [1.82, 2.24) is 5.32 Å². The Morgan fingerprint density at radius 1 is 1.46 bits per heavy atom. The number of anilines is 1. The Morgan fingerprint density at radius 2 is 2.08 bits per heavy atom. The molecule has 0 fully saturated rings. The van der Waals surface area contributed by atoms with Gasteiger partial charge < -0.3 is 11.1 Å².